The highest BCUT2D eigenvalue weighted by molar-refractivity contribution is 6.30. The lowest BCUT2D eigenvalue weighted by molar-refractivity contribution is -0.0225. The maximum absolute atomic E-state index is 13.6. The van der Waals surface area contributed by atoms with Crippen molar-refractivity contribution in [3.63, 3.8) is 0 Å². The second-order valence-corrected chi connectivity index (χ2v) is 6.87. The number of rotatable bonds is 1. The van der Waals surface area contributed by atoms with Crippen molar-refractivity contribution in [1.29, 1.82) is 0 Å². The number of carbonyl (C=O) groups excluding carboxylic acids is 1. The van der Waals surface area contributed by atoms with E-state index < -0.39 is 29.7 Å². The van der Waals surface area contributed by atoms with Gasteiger partial charge in [-0.1, -0.05) is 17.7 Å². The quantitative estimate of drug-likeness (QED) is 0.849. The van der Waals surface area contributed by atoms with Gasteiger partial charge in [0.25, 0.3) is 0 Å². The van der Waals surface area contributed by atoms with Crippen LogP contribution < -0.4 is 0 Å². The number of nitrogens with zero attached hydrogens (tertiary/aromatic N) is 1. The molecular formula is C16H21ClFNO4. The lowest BCUT2D eigenvalue weighted by Gasteiger charge is -2.27. The zero-order valence-corrected chi connectivity index (χ0v) is 14.1. The summed E-state index contributed by atoms with van der Waals surface area (Å²) in [5, 5.41) is 10.4. The number of amides is 1. The van der Waals surface area contributed by atoms with E-state index >= 15 is 0 Å². The fourth-order valence-corrected chi connectivity index (χ4v) is 2.43. The van der Waals surface area contributed by atoms with Crippen molar-refractivity contribution in [2.75, 3.05) is 19.7 Å². The number of hydrogen-bond acceptors (Lipinski definition) is 4. The minimum Gasteiger partial charge on any atom is -0.444 e. The molecule has 1 N–H and O–H groups in total. The number of aliphatic hydroxyl groups is 1. The van der Waals surface area contributed by atoms with E-state index in [1.807, 2.05) is 0 Å². The number of benzene rings is 1. The molecular weight excluding hydrogens is 325 g/mol. The first kappa shape index (κ1) is 18.0. The van der Waals surface area contributed by atoms with Gasteiger partial charge in [-0.2, -0.15) is 0 Å². The molecule has 1 amide bonds. The van der Waals surface area contributed by atoms with Gasteiger partial charge in [-0.25, -0.2) is 9.18 Å². The molecule has 0 aliphatic carbocycles. The molecule has 0 unspecified atom stereocenters. The maximum atomic E-state index is 13.6. The Hall–Kier alpha value is -1.37. The molecule has 0 spiro atoms. The van der Waals surface area contributed by atoms with Gasteiger partial charge in [0, 0.05) is 6.54 Å². The van der Waals surface area contributed by atoms with E-state index in [2.05, 4.69) is 0 Å². The molecule has 0 radical (unpaired) electrons. The summed E-state index contributed by atoms with van der Waals surface area (Å²) in [6.07, 6.45) is -2.23. The molecule has 0 saturated carbocycles. The van der Waals surface area contributed by atoms with Crippen molar-refractivity contribution >= 4 is 17.7 Å². The maximum Gasteiger partial charge on any atom is 0.410 e. The molecule has 1 aromatic carbocycles. The van der Waals surface area contributed by atoms with Gasteiger partial charge >= 0.3 is 6.09 Å². The highest BCUT2D eigenvalue weighted by Gasteiger charge is 2.32. The number of ether oxygens (including phenoxy) is 2. The van der Waals surface area contributed by atoms with E-state index in [-0.39, 0.29) is 18.2 Å². The smallest absolute Gasteiger partial charge is 0.410 e. The van der Waals surface area contributed by atoms with Crippen molar-refractivity contribution in [2.24, 2.45) is 0 Å². The summed E-state index contributed by atoms with van der Waals surface area (Å²) in [7, 11) is 0. The fourth-order valence-electron chi connectivity index (χ4n) is 2.31. The molecule has 0 bridgehead atoms. The summed E-state index contributed by atoms with van der Waals surface area (Å²) in [6.45, 7) is 5.87. The number of halogens is 2. The summed E-state index contributed by atoms with van der Waals surface area (Å²) >= 11 is 5.67. The van der Waals surface area contributed by atoms with Crippen LogP contribution in [0, 0.1) is 5.82 Å². The molecule has 1 aromatic rings. The third-order valence-electron chi connectivity index (χ3n) is 3.34. The van der Waals surface area contributed by atoms with Gasteiger partial charge in [0.2, 0.25) is 0 Å². The minimum absolute atomic E-state index is 0.00671. The van der Waals surface area contributed by atoms with Crippen molar-refractivity contribution in [1.82, 2.24) is 4.90 Å². The largest absolute Gasteiger partial charge is 0.444 e. The Labute approximate surface area is 139 Å². The highest BCUT2D eigenvalue weighted by atomic mass is 35.5. The summed E-state index contributed by atoms with van der Waals surface area (Å²) in [5.41, 5.74) is -0.140. The summed E-state index contributed by atoms with van der Waals surface area (Å²) in [6, 6.07) is 4.25. The molecule has 1 saturated heterocycles. The fraction of sp³-hybridized carbons (Fsp3) is 0.562. The molecule has 128 valence electrons. The number of aliphatic hydroxyl groups excluding tert-OH is 1. The van der Waals surface area contributed by atoms with Gasteiger partial charge < -0.3 is 19.5 Å². The Balaban J connectivity index is 2.10. The third kappa shape index (κ3) is 4.80. The number of β-amino-alcohol motifs (C(OH)–C–C–N with tert-alkyl or cyclic N) is 1. The van der Waals surface area contributed by atoms with Crippen molar-refractivity contribution < 1.29 is 23.8 Å². The predicted molar refractivity (Wildman–Crippen MR) is 83.9 cm³/mol. The van der Waals surface area contributed by atoms with Crippen LogP contribution in [0.15, 0.2) is 18.2 Å². The van der Waals surface area contributed by atoms with E-state index in [1.54, 1.807) is 26.8 Å². The zero-order valence-electron chi connectivity index (χ0n) is 13.4. The van der Waals surface area contributed by atoms with Crippen LogP contribution in [0.4, 0.5) is 9.18 Å². The van der Waals surface area contributed by atoms with Crippen molar-refractivity contribution in [3.8, 4) is 0 Å². The predicted octanol–water partition coefficient (Wildman–Crippen LogP) is 3.15. The Morgan fingerprint density at radius 2 is 2.17 bits per heavy atom. The van der Waals surface area contributed by atoms with Gasteiger partial charge in [0.1, 0.15) is 23.6 Å². The van der Waals surface area contributed by atoms with E-state index in [0.29, 0.717) is 12.1 Å². The number of carbonyl (C=O) groups is 1. The Kier molecular flexibility index (Phi) is 5.49. The lowest BCUT2D eigenvalue weighted by atomic mass is 10.0. The van der Waals surface area contributed by atoms with E-state index in [9.17, 15) is 14.3 Å². The first-order valence-electron chi connectivity index (χ1n) is 7.40. The molecule has 1 fully saturated rings. The Bertz CT molecular complexity index is 576. The van der Waals surface area contributed by atoms with Crippen LogP contribution in [-0.2, 0) is 9.47 Å². The summed E-state index contributed by atoms with van der Waals surface area (Å²) in [4.78, 5) is 13.5. The lowest BCUT2D eigenvalue weighted by Crippen LogP contribution is -2.41. The van der Waals surface area contributed by atoms with Crippen LogP contribution in [0.25, 0.3) is 0 Å². The second kappa shape index (κ2) is 7.03. The van der Waals surface area contributed by atoms with Crippen LogP contribution in [0.1, 0.15) is 32.4 Å². The normalized spacial score (nSPS) is 22.6. The first-order chi connectivity index (χ1) is 10.7. The first-order valence-corrected chi connectivity index (χ1v) is 7.78. The van der Waals surface area contributed by atoms with Crippen LogP contribution >= 0.6 is 11.6 Å². The van der Waals surface area contributed by atoms with E-state index in [4.69, 9.17) is 21.1 Å². The van der Waals surface area contributed by atoms with Crippen LogP contribution in [0.2, 0.25) is 5.02 Å². The van der Waals surface area contributed by atoms with Gasteiger partial charge in [-0.3, -0.25) is 0 Å². The average Bonchev–Trinajstić information content (AvgIpc) is 2.62. The zero-order chi connectivity index (χ0) is 17.2. The SMILES string of the molecule is CC(C)(C)OC(=O)N1CCO[C@H](c2ccc(Cl)c(F)c2)[C@@H](O)C1. The van der Waals surface area contributed by atoms with E-state index in [1.165, 1.54) is 17.0 Å². The second-order valence-electron chi connectivity index (χ2n) is 6.46. The summed E-state index contributed by atoms with van der Waals surface area (Å²) < 4.78 is 24.5. The Morgan fingerprint density at radius 3 is 2.78 bits per heavy atom. The number of hydrogen-bond donors (Lipinski definition) is 1. The highest BCUT2D eigenvalue weighted by Crippen LogP contribution is 2.27. The molecule has 23 heavy (non-hydrogen) atoms. The van der Waals surface area contributed by atoms with Gasteiger partial charge in [0.05, 0.1) is 18.2 Å². The standard InChI is InChI=1S/C16H21ClFNO4/c1-16(2,3)23-15(21)19-6-7-22-14(13(20)9-19)10-4-5-11(17)12(18)8-10/h4-5,8,13-14,20H,6-7,9H2,1-3H3/t13-,14+/m0/s1. The molecule has 7 heteroatoms. The minimum atomic E-state index is -0.995. The van der Waals surface area contributed by atoms with Crippen molar-refractivity contribution in [3.05, 3.63) is 34.6 Å². The molecule has 0 aromatic heterocycles. The van der Waals surface area contributed by atoms with Gasteiger partial charge in [-0.15, -0.1) is 0 Å². The molecule has 1 heterocycles. The molecule has 1 aliphatic rings. The topological polar surface area (TPSA) is 59.0 Å². The van der Waals surface area contributed by atoms with Gasteiger partial charge in [-0.05, 0) is 38.5 Å². The summed E-state index contributed by atoms with van der Waals surface area (Å²) in [5.74, 6) is -0.576. The van der Waals surface area contributed by atoms with Crippen LogP contribution in [0.3, 0.4) is 0 Å². The van der Waals surface area contributed by atoms with Gasteiger partial charge in [0.15, 0.2) is 0 Å². The Morgan fingerprint density at radius 1 is 1.48 bits per heavy atom. The monoisotopic (exact) mass is 345 g/mol. The average molecular weight is 346 g/mol. The van der Waals surface area contributed by atoms with Crippen LogP contribution in [0.5, 0.6) is 0 Å². The molecule has 1 aliphatic heterocycles. The third-order valence-corrected chi connectivity index (χ3v) is 3.65. The van der Waals surface area contributed by atoms with E-state index in [0.717, 1.165) is 0 Å². The molecule has 2 atom stereocenters. The van der Waals surface area contributed by atoms with Crippen LogP contribution in [-0.4, -0.2) is 47.5 Å². The molecule has 2 rings (SSSR count). The molecule has 5 nitrogen and oxygen atoms in total. The van der Waals surface area contributed by atoms with Crippen molar-refractivity contribution in [2.45, 2.75) is 38.6 Å².